The summed E-state index contributed by atoms with van der Waals surface area (Å²) in [6.07, 6.45) is 0. The molecule has 0 aromatic heterocycles. The second-order valence-electron chi connectivity index (χ2n) is 5.96. The van der Waals surface area contributed by atoms with Gasteiger partial charge >= 0.3 is 11.9 Å². The van der Waals surface area contributed by atoms with E-state index in [9.17, 15) is 9.59 Å². The van der Waals surface area contributed by atoms with Crippen LogP contribution in [0.25, 0.3) is 0 Å². The third kappa shape index (κ3) is 5.69. The summed E-state index contributed by atoms with van der Waals surface area (Å²) >= 11 is 4.36. The lowest BCUT2D eigenvalue weighted by molar-refractivity contribution is -0.153. The topological polar surface area (TPSA) is 64.6 Å². The van der Waals surface area contributed by atoms with Crippen LogP contribution in [0.4, 0.5) is 0 Å². The predicted molar refractivity (Wildman–Crippen MR) is 87.3 cm³/mol. The Morgan fingerprint density at radius 3 is 2.45 bits per heavy atom. The molecule has 1 aromatic carbocycles. The molecule has 122 valence electrons. The molecule has 1 N–H and O–H groups in total. The molecule has 22 heavy (non-hydrogen) atoms. The van der Waals surface area contributed by atoms with Crippen LogP contribution in [-0.4, -0.2) is 31.2 Å². The molecule has 1 rings (SSSR count). The second-order valence-corrected chi connectivity index (χ2v) is 6.44. The number of esters is 2. The Balaban J connectivity index is 2.71. The van der Waals surface area contributed by atoms with Gasteiger partial charge in [0.25, 0.3) is 0 Å². The van der Waals surface area contributed by atoms with E-state index in [4.69, 9.17) is 9.47 Å². The summed E-state index contributed by atoms with van der Waals surface area (Å²) in [6.45, 7) is 7.91. The van der Waals surface area contributed by atoms with Crippen molar-refractivity contribution in [2.75, 3.05) is 13.7 Å². The van der Waals surface area contributed by atoms with Gasteiger partial charge < -0.3 is 14.8 Å². The van der Waals surface area contributed by atoms with Crippen LogP contribution >= 0.6 is 12.6 Å². The number of benzene rings is 1. The molecule has 5 nitrogen and oxygen atoms in total. The van der Waals surface area contributed by atoms with Crippen LogP contribution in [0, 0.1) is 6.92 Å². The van der Waals surface area contributed by atoms with Crippen molar-refractivity contribution in [1.29, 1.82) is 0 Å². The van der Waals surface area contributed by atoms with Crippen LogP contribution in [0.5, 0.6) is 0 Å². The van der Waals surface area contributed by atoms with Crippen LogP contribution in [0.15, 0.2) is 17.0 Å². The number of hydrogen-bond donors (Lipinski definition) is 2. The zero-order valence-corrected chi connectivity index (χ0v) is 14.5. The summed E-state index contributed by atoms with van der Waals surface area (Å²) in [5, 5.41) is 3.02. The van der Waals surface area contributed by atoms with Gasteiger partial charge in [0.05, 0.1) is 19.2 Å². The summed E-state index contributed by atoms with van der Waals surface area (Å²) in [5.41, 5.74) is 1.77. The third-order valence-electron chi connectivity index (χ3n) is 2.91. The van der Waals surface area contributed by atoms with Gasteiger partial charge in [-0.1, -0.05) is 0 Å². The van der Waals surface area contributed by atoms with Crippen molar-refractivity contribution in [3.63, 3.8) is 0 Å². The number of hydrogen-bond acceptors (Lipinski definition) is 6. The Morgan fingerprint density at radius 2 is 1.91 bits per heavy atom. The van der Waals surface area contributed by atoms with Gasteiger partial charge in [-0.05, 0) is 51.0 Å². The maximum absolute atomic E-state index is 11.6. The SMILES string of the molecule is COC(=O)c1cc(S)c(C)c(CNCC(=O)OC(C)(C)C)c1. The van der Waals surface area contributed by atoms with Crippen molar-refractivity contribution >= 4 is 24.6 Å². The molecule has 0 radical (unpaired) electrons. The van der Waals surface area contributed by atoms with Crippen LogP contribution in [0.2, 0.25) is 0 Å². The highest BCUT2D eigenvalue weighted by molar-refractivity contribution is 7.80. The molecule has 0 unspecified atom stereocenters. The molecule has 1 aromatic rings. The van der Waals surface area contributed by atoms with Gasteiger partial charge in [-0.25, -0.2) is 4.79 Å². The second kappa shape index (κ2) is 7.65. The number of methoxy groups -OCH3 is 1. The van der Waals surface area contributed by atoms with E-state index in [1.54, 1.807) is 12.1 Å². The molecule has 0 aliphatic heterocycles. The number of thiol groups is 1. The van der Waals surface area contributed by atoms with Crippen LogP contribution in [-0.2, 0) is 20.8 Å². The molecule has 0 fully saturated rings. The van der Waals surface area contributed by atoms with Crippen LogP contribution < -0.4 is 5.32 Å². The number of carbonyl (C=O) groups is 2. The Bertz CT molecular complexity index is 564. The summed E-state index contributed by atoms with van der Waals surface area (Å²) in [6, 6.07) is 3.41. The number of ether oxygens (including phenoxy) is 2. The lowest BCUT2D eigenvalue weighted by atomic mass is 10.0. The standard InChI is InChI=1S/C16H23NO4S/c1-10-12(6-11(7-13(10)22)15(19)20-5)8-17-9-14(18)21-16(2,3)4/h6-7,17,22H,8-9H2,1-5H3. The molecule has 0 aliphatic rings. The fraction of sp³-hybridized carbons (Fsp3) is 0.500. The molecule has 0 amide bonds. The number of carbonyl (C=O) groups excluding carboxylic acids is 2. The first-order valence-corrected chi connectivity index (χ1v) is 7.42. The molecular weight excluding hydrogens is 302 g/mol. The zero-order valence-electron chi connectivity index (χ0n) is 13.6. The summed E-state index contributed by atoms with van der Waals surface area (Å²) in [5.74, 6) is -0.732. The van der Waals surface area contributed by atoms with E-state index >= 15 is 0 Å². The van der Waals surface area contributed by atoms with E-state index in [2.05, 4.69) is 17.9 Å². The Labute approximate surface area is 136 Å². The van der Waals surface area contributed by atoms with E-state index in [0.717, 1.165) is 11.1 Å². The third-order valence-corrected chi connectivity index (χ3v) is 3.38. The molecule has 0 saturated carbocycles. The summed E-state index contributed by atoms with van der Waals surface area (Å²) in [4.78, 5) is 24.0. The van der Waals surface area contributed by atoms with Gasteiger partial charge in [0.1, 0.15) is 5.60 Å². The Hall–Kier alpha value is -1.53. The molecule has 0 heterocycles. The van der Waals surface area contributed by atoms with E-state index in [-0.39, 0.29) is 12.5 Å². The van der Waals surface area contributed by atoms with Gasteiger partial charge in [-0.2, -0.15) is 0 Å². The highest BCUT2D eigenvalue weighted by Gasteiger charge is 2.16. The first-order valence-electron chi connectivity index (χ1n) is 6.97. The summed E-state index contributed by atoms with van der Waals surface area (Å²) in [7, 11) is 1.33. The monoisotopic (exact) mass is 325 g/mol. The van der Waals surface area contributed by atoms with Crippen molar-refractivity contribution in [3.05, 3.63) is 28.8 Å². The van der Waals surface area contributed by atoms with Gasteiger partial charge in [-0.3, -0.25) is 4.79 Å². The first-order chi connectivity index (χ1) is 10.1. The maximum Gasteiger partial charge on any atom is 0.337 e. The Kier molecular flexibility index (Phi) is 6.44. The average molecular weight is 325 g/mol. The quantitative estimate of drug-likeness (QED) is 0.643. The van der Waals surface area contributed by atoms with Crippen molar-refractivity contribution in [2.45, 2.75) is 44.7 Å². The van der Waals surface area contributed by atoms with Crippen molar-refractivity contribution in [2.24, 2.45) is 0 Å². The van der Waals surface area contributed by atoms with E-state index < -0.39 is 11.6 Å². The van der Waals surface area contributed by atoms with Crippen molar-refractivity contribution in [1.82, 2.24) is 5.32 Å². The Morgan fingerprint density at radius 1 is 1.27 bits per heavy atom. The molecule has 0 aliphatic carbocycles. The minimum absolute atomic E-state index is 0.0983. The normalized spacial score (nSPS) is 11.2. The van der Waals surface area contributed by atoms with E-state index in [0.29, 0.717) is 17.0 Å². The van der Waals surface area contributed by atoms with E-state index in [1.807, 2.05) is 27.7 Å². The number of nitrogens with one attached hydrogen (secondary N) is 1. The van der Waals surface area contributed by atoms with Crippen LogP contribution in [0.1, 0.15) is 42.3 Å². The van der Waals surface area contributed by atoms with Gasteiger partial charge in [0, 0.05) is 11.4 Å². The highest BCUT2D eigenvalue weighted by Crippen LogP contribution is 2.21. The predicted octanol–water partition coefficient (Wildman–Crippen LogP) is 2.50. The molecule has 0 bridgehead atoms. The minimum Gasteiger partial charge on any atom is -0.465 e. The zero-order chi connectivity index (χ0) is 16.9. The van der Waals surface area contributed by atoms with Gasteiger partial charge in [-0.15, -0.1) is 12.6 Å². The largest absolute Gasteiger partial charge is 0.465 e. The fourth-order valence-electron chi connectivity index (χ4n) is 1.85. The lowest BCUT2D eigenvalue weighted by Gasteiger charge is -2.19. The lowest BCUT2D eigenvalue weighted by Crippen LogP contribution is -2.31. The maximum atomic E-state index is 11.6. The molecule has 0 spiro atoms. The van der Waals surface area contributed by atoms with E-state index in [1.165, 1.54) is 7.11 Å². The first kappa shape index (κ1) is 18.5. The van der Waals surface area contributed by atoms with Gasteiger partial charge in [0.15, 0.2) is 0 Å². The fourth-order valence-corrected chi connectivity index (χ4v) is 2.14. The highest BCUT2D eigenvalue weighted by atomic mass is 32.1. The number of rotatable bonds is 5. The van der Waals surface area contributed by atoms with Crippen molar-refractivity contribution in [3.8, 4) is 0 Å². The van der Waals surface area contributed by atoms with Gasteiger partial charge in [0.2, 0.25) is 0 Å². The van der Waals surface area contributed by atoms with Crippen molar-refractivity contribution < 1.29 is 19.1 Å². The smallest absolute Gasteiger partial charge is 0.337 e. The van der Waals surface area contributed by atoms with Crippen LogP contribution in [0.3, 0.4) is 0 Å². The minimum atomic E-state index is -0.502. The average Bonchev–Trinajstić information content (AvgIpc) is 2.40. The molecule has 0 saturated heterocycles. The molecule has 6 heteroatoms. The summed E-state index contributed by atoms with van der Waals surface area (Å²) < 4.78 is 9.93. The molecular formula is C16H23NO4S. The molecule has 0 atom stereocenters.